The van der Waals surface area contributed by atoms with Gasteiger partial charge in [-0.1, -0.05) is 25.3 Å². The topological polar surface area (TPSA) is 68.5 Å². The van der Waals surface area contributed by atoms with Crippen LogP contribution in [0.3, 0.4) is 0 Å². The van der Waals surface area contributed by atoms with Crippen LogP contribution in [0.25, 0.3) is 34.5 Å². The second-order valence-electron chi connectivity index (χ2n) is 6.92. The number of pyridine rings is 1. The first-order valence-corrected chi connectivity index (χ1v) is 9.52. The Labute approximate surface area is 174 Å². The summed E-state index contributed by atoms with van der Waals surface area (Å²) in [6, 6.07) is 7.86. The largest absolute Gasteiger partial charge is 0.340 e. The van der Waals surface area contributed by atoms with E-state index in [2.05, 4.69) is 38.5 Å². The van der Waals surface area contributed by atoms with E-state index in [1.54, 1.807) is 23.3 Å². The minimum atomic E-state index is 0.704. The molecule has 0 bridgehead atoms. The smallest absolute Gasteiger partial charge is 0.130 e. The van der Waals surface area contributed by atoms with Gasteiger partial charge in [0.15, 0.2) is 0 Å². The number of aromatic nitrogens is 5. The van der Waals surface area contributed by atoms with Crippen molar-refractivity contribution in [2.45, 2.75) is 6.92 Å². The van der Waals surface area contributed by atoms with Gasteiger partial charge in [-0.2, -0.15) is 5.10 Å². The summed E-state index contributed by atoms with van der Waals surface area (Å²) in [5.74, 6) is 0.704. The molecule has 4 aromatic rings. The molecular formula is C24H22N6. The third-order valence-electron chi connectivity index (χ3n) is 4.78. The number of benzene rings is 1. The van der Waals surface area contributed by atoms with Crippen molar-refractivity contribution in [3.63, 3.8) is 0 Å². The molecule has 3 heterocycles. The van der Waals surface area contributed by atoms with E-state index in [-0.39, 0.29) is 0 Å². The van der Waals surface area contributed by atoms with E-state index in [1.807, 2.05) is 62.8 Å². The van der Waals surface area contributed by atoms with Gasteiger partial charge in [-0.05, 0) is 52.8 Å². The molecule has 3 aromatic heterocycles. The molecule has 0 atom stereocenters. The predicted molar refractivity (Wildman–Crippen MR) is 123 cm³/mol. The van der Waals surface area contributed by atoms with E-state index < -0.39 is 0 Å². The standard InChI is InChI=1S/C24H22N6/c1-5-18-13-27-24(12-20(18)10-16(2)21-14-28-30(4)15-21)29-17(3)19-6-7-22-23(11-19)26-9-8-25-22/h5-15,29H,2-3H2,1,4H3/b18-5-,20-10-. The minimum Gasteiger partial charge on any atom is -0.340 e. The predicted octanol–water partition coefficient (Wildman–Crippen LogP) is 3.14. The van der Waals surface area contributed by atoms with Crippen molar-refractivity contribution < 1.29 is 0 Å². The van der Waals surface area contributed by atoms with Crippen LogP contribution in [-0.2, 0) is 7.05 Å². The van der Waals surface area contributed by atoms with Crippen molar-refractivity contribution in [3.8, 4) is 0 Å². The maximum absolute atomic E-state index is 4.52. The molecule has 1 N–H and O–H groups in total. The Hall–Kier alpha value is -4.06. The number of hydrogen-bond acceptors (Lipinski definition) is 5. The zero-order valence-electron chi connectivity index (χ0n) is 17.0. The number of fused-ring (bicyclic) bond motifs is 1. The van der Waals surface area contributed by atoms with Gasteiger partial charge < -0.3 is 5.32 Å². The zero-order valence-corrected chi connectivity index (χ0v) is 17.0. The highest BCUT2D eigenvalue weighted by Crippen LogP contribution is 2.18. The van der Waals surface area contributed by atoms with Gasteiger partial charge >= 0.3 is 0 Å². The van der Waals surface area contributed by atoms with Crippen molar-refractivity contribution in [3.05, 3.63) is 90.0 Å². The van der Waals surface area contributed by atoms with Gasteiger partial charge in [0.2, 0.25) is 0 Å². The number of nitrogens with zero attached hydrogens (tertiary/aromatic N) is 5. The van der Waals surface area contributed by atoms with Crippen LogP contribution in [0.5, 0.6) is 0 Å². The molecule has 6 heteroatoms. The molecule has 0 fully saturated rings. The van der Waals surface area contributed by atoms with Crippen molar-refractivity contribution in [1.29, 1.82) is 0 Å². The molecule has 0 amide bonds. The number of rotatable bonds is 5. The van der Waals surface area contributed by atoms with Crippen LogP contribution in [0, 0.1) is 0 Å². The average molecular weight is 394 g/mol. The first kappa shape index (κ1) is 19.3. The molecule has 1 aromatic carbocycles. The molecule has 0 spiro atoms. The van der Waals surface area contributed by atoms with E-state index in [0.717, 1.165) is 43.9 Å². The molecule has 4 rings (SSSR count). The Morgan fingerprint density at radius 2 is 1.77 bits per heavy atom. The summed E-state index contributed by atoms with van der Waals surface area (Å²) >= 11 is 0. The van der Waals surface area contributed by atoms with E-state index >= 15 is 0 Å². The minimum absolute atomic E-state index is 0.704. The summed E-state index contributed by atoms with van der Waals surface area (Å²) in [6.07, 6.45) is 13.0. The number of hydrogen-bond donors (Lipinski definition) is 1. The number of aryl methyl sites for hydroxylation is 1. The van der Waals surface area contributed by atoms with Crippen molar-refractivity contribution in [1.82, 2.24) is 24.7 Å². The first-order valence-electron chi connectivity index (χ1n) is 9.52. The van der Waals surface area contributed by atoms with Crippen LogP contribution in [0.1, 0.15) is 18.1 Å². The van der Waals surface area contributed by atoms with E-state index in [9.17, 15) is 0 Å². The molecule has 0 aliphatic rings. The highest BCUT2D eigenvalue weighted by molar-refractivity contribution is 5.87. The van der Waals surface area contributed by atoms with E-state index in [1.165, 1.54) is 0 Å². The second-order valence-corrected chi connectivity index (χ2v) is 6.92. The van der Waals surface area contributed by atoms with Crippen LogP contribution in [0.2, 0.25) is 0 Å². The van der Waals surface area contributed by atoms with Gasteiger partial charge in [0.25, 0.3) is 0 Å². The molecule has 0 aliphatic carbocycles. The van der Waals surface area contributed by atoms with Crippen LogP contribution in [0.4, 0.5) is 5.82 Å². The fourth-order valence-electron chi connectivity index (χ4n) is 3.15. The maximum atomic E-state index is 4.52. The van der Waals surface area contributed by atoms with Gasteiger partial charge in [-0.3, -0.25) is 14.6 Å². The lowest BCUT2D eigenvalue weighted by Crippen LogP contribution is -2.25. The lowest BCUT2D eigenvalue weighted by molar-refractivity contribution is 0.767. The summed E-state index contributed by atoms with van der Waals surface area (Å²) in [5, 5.41) is 9.55. The van der Waals surface area contributed by atoms with E-state index in [4.69, 9.17) is 0 Å². The number of anilines is 1. The highest BCUT2D eigenvalue weighted by Gasteiger charge is 2.05. The van der Waals surface area contributed by atoms with Crippen molar-refractivity contribution in [2.24, 2.45) is 7.05 Å². The van der Waals surface area contributed by atoms with Crippen LogP contribution in [0.15, 0.2) is 68.4 Å². The molecule has 0 saturated heterocycles. The Kier molecular flexibility index (Phi) is 5.22. The lowest BCUT2D eigenvalue weighted by Gasteiger charge is -2.10. The molecule has 6 nitrogen and oxygen atoms in total. The number of allylic oxidation sites excluding steroid dienone is 1. The SMILES string of the molecule is C=C(/C=c1/cc(NC(=C)c2ccc3nccnc3c2)nc/c1=C/C)c1cnn(C)c1. The molecule has 0 radical (unpaired) electrons. The molecular weight excluding hydrogens is 372 g/mol. The van der Waals surface area contributed by atoms with Crippen molar-refractivity contribution >= 4 is 40.3 Å². The van der Waals surface area contributed by atoms with Crippen LogP contribution >= 0.6 is 0 Å². The lowest BCUT2D eigenvalue weighted by atomic mass is 10.1. The average Bonchev–Trinajstić information content (AvgIpc) is 3.20. The first-order chi connectivity index (χ1) is 14.5. The molecule has 30 heavy (non-hydrogen) atoms. The van der Waals surface area contributed by atoms with Crippen molar-refractivity contribution in [2.75, 3.05) is 5.32 Å². The third-order valence-corrected chi connectivity index (χ3v) is 4.78. The van der Waals surface area contributed by atoms with Gasteiger partial charge in [0, 0.05) is 43.1 Å². The van der Waals surface area contributed by atoms with Gasteiger partial charge in [-0.15, -0.1) is 0 Å². The Bertz CT molecular complexity index is 1380. The highest BCUT2D eigenvalue weighted by atomic mass is 15.2. The normalized spacial score (nSPS) is 12.3. The summed E-state index contributed by atoms with van der Waals surface area (Å²) in [7, 11) is 1.89. The third kappa shape index (κ3) is 4.03. The van der Waals surface area contributed by atoms with Gasteiger partial charge in [-0.25, -0.2) is 4.98 Å². The fraction of sp³-hybridized carbons (Fsp3) is 0.0833. The quantitative estimate of drug-likeness (QED) is 0.563. The van der Waals surface area contributed by atoms with Crippen LogP contribution < -0.4 is 15.8 Å². The summed E-state index contributed by atoms with van der Waals surface area (Å²) in [6.45, 7) is 10.3. The number of nitrogens with one attached hydrogen (secondary N) is 1. The molecule has 0 saturated carbocycles. The summed E-state index contributed by atoms with van der Waals surface area (Å²) in [5.41, 5.74) is 5.20. The Morgan fingerprint density at radius 1 is 0.967 bits per heavy atom. The van der Waals surface area contributed by atoms with Gasteiger partial charge in [0.05, 0.1) is 17.2 Å². The van der Waals surface area contributed by atoms with Crippen LogP contribution in [-0.4, -0.2) is 24.7 Å². The second kappa shape index (κ2) is 8.13. The fourth-order valence-corrected chi connectivity index (χ4v) is 3.15. The maximum Gasteiger partial charge on any atom is 0.130 e. The van der Waals surface area contributed by atoms with Gasteiger partial charge in [0.1, 0.15) is 5.82 Å². The molecule has 0 aliphatic heterocycles. The Balaban J connectivity index is 1.64. The summed E-state index contributed by atoms with van der Waals surface area (Å²) < 4.78 is 1.76. The molecule has 0 unspecified atom stereocenters. The van der Waals surface area contributed by atoms with E-state index in [0.29, 0.717) is 5.82 Å². The summed E-state index contributed by atoms with van der Waals surface area (Å²) in [4.78, 5) is 13.2. The monoisotopic (exact) mass is 394 g/mol. The zero-order chi connectivity index (χ0) is 21.1. The molecule has 148 valence electrons. The Morgan fingerprint density at radius 3 is 2.50 bits per heavy atom.